The molecule has 2 saturated heterocycles. The van der Waals surface area contributed by atoms with Gasteiger partial charge in [0.05, 0.1) is 5.56 Å². The van der Waals surface area contributed by atoms with Gasteiger partial charge in [0.2, 0.25) is 12.7 Å². The van der Waals surface area contributed by atoms with Crippen molar-refractivity contribution in [1.29, 1.82) is 0 Å². The zero-order chi connectivity index (χ0) is 24.6. The standard InChI is InChI=1S/C26H27F3N2O4/c27-26(28,29)20-7-5-18(6-8-20)25(33)30-13-11-21-19(15-30)2-1-12-31(21)24(32)10-4-17-3-9-22-23(14-17)35-16-34-22/h3,5-9,14,19,21H,1-2,4,10-13,15-16H2/t19-,21+/m1/s1. The fourth-order valence-electron chi connectivity index (χ4n) is 5.37. The molecule has 3 heterocycles. The molecule has 3 aliphatic heterocycles. The topological polar surface area (TPSA) is 59.1 Å². The molecule has 2 aromatic rings. The van der Waals surface area contributed by atoms with E-state index in [4.69, 9.17) is 9.47 Å². The maximum atomic E-state index is 13.1. The Kier molecular flexibility index (Phi) is 6.34. The Bertz CT molecular complexity index is 1100. The van der Waals surface area contributed by atoms with Crippen molar-refractivity contribution in [2.45, 2.75) is 44.3 Å². The van der Waals surface area contributed by atoms with Gasteiger partial charge >= 0.3 is 6.18 Å². The molecule has 0 aliphatic carbocycles. The normalized spacial score (nSPS) is 21.6. The summed E-state index contributed by atoms with van der Waals surface area (Å²) in [6.45, 7) is 1.92. The van der Waals surface area contributed by atoms with E-state index in [2.05, 4.69) is 0 Å². The van der Waals surface area contributed by atoms with Crippen molar-refractivity contribution in [3.05, 3.63) is 59.2 Å². The first-order valence-electron chi connectivity index (χ1n) is 11.9. The zero-order valence-electron chi connectivity index (χ0n) is 19.2. The number of aryl methyl sites for hydroxylation is 1. The number of nitrogens with zero attached hydrogens (tertiary/aromatic N) is 2. The first-order valence-corrected chi connectivity index (χ1v) is 11.9. The lowest BCUT2D eigenvalue weighted by molar-refractivity contribution is -0.138. The third-order valence-corrected chi connectivity index (χ3v) is 7.20. The summed E-state index contributed by atoms with van der Waals surface area (Å²) < 4.78 is 49.2. The van der Waals surface area contributed by atoms with E-state index in [9.17, 15) is 22.8 Å². The zero-order valence-corrected chi connectivity index (χ0v) is 19.2. The Morgan fingerprint density at radius 3 is 2.51 bits per heavy atom. The number of halogens is 3. The Morgan fingerprint density at radius 2 is 1.74 bits per heavy atom. The average molecular weight is 489 g/mol. The number of benzene rings is 2. The molecule has 2 atom stereocenters. The number of ether oxygens (including phenoxy) is 2. The third kappa shape index (κ3) is 4.94. The van der Waals surface area contributed by atoms with Gasteiger partial charge in [0.15, 0.2) is 11.5 Å². The van der Waals surface area contributed by atoms with Gasteiger partial charge in [-0.05, 0) is 73.6 Å². The van der Waals surface area contributed by atoms with E-state index in [1.165, 1.54) is 12.1 Å². The Labute approximate surface area is 201 Å². The van der Waals surface area contributed by atoms with Gasteiger partial charge in [-0.2, -0.15) is 13.2 Å². The molecule has 0 unspecified atom stereocenters. The molecule has 186 valence electrons. The number of hydrogen-bond acceptors (Lipinski definition) is 4. The van der Waals surface area contributed by atoms with Crippen molar-refractivity contribution in [3.63, 3.8) is 0 Å². The summed E-state index contributed by atoms with van der Waals surface area (Å²) >= 11 is 0. The van der Waals surface area contributed by atoms with Crippen molar-refractivity contribution >= 4 is 11.8 Å². The van der Waals surface area contributed by atoms with Crippen LogP contribution in [0.15, 0.2) is 42.5 Å². The van der Waals surface area contributed by atoms with Crippen molar-refractivity contribution < 1.29 is 32.2 Å². The number of rotatable bonds is 4. The first-order chi connectivity index (χ1) is 16.8. The highest BCUT2D eigenvalue weighted by atomic mass is 19.4. The molecule has 0 saturated carbocycles. The average Bonchev–Trinajstić information content (AvgIpc) is 3.33. The number of piperidine rings is 2. The van der Waals surface area contributed by atoms with E-state index in [0.717, 1.165) is 36.3 Å². The van der Waals surface area contributed by atoms with E-state index in [0.29, 0.717) is 44.6 Å². The van der Waals surface area contributed by atoms with E-state index in [-0.39, 0.29) is 36.1 Å². The maximum Gasteiger partial charge on any atom is 0.416 e. The van der Waals surface area contributed by atoms with Crippen LogP contribution in [0.4, 0.5) is 13.2 Å². The summed E-state index contributed by atoms with van der Waals surface area (Å²) in [5.74, 6) is 1.45. The molecule has 9 heteroatoms. The van der Waals surface area contributed by atoms with Crippen LogP contribution < -0.4 is 9.47 Å². The van der Waals surface area contributed by atoms with Gasteiger partial charge in [0.1, 0.15) is 0 Å². The van der Waals surface area contributed by atoms with Gasteiger partial charge < -0.3 is 19.3 Å². The first kappa shape index (κ1) is 23.5. The largest absolute Gasteiger partial charge is 0.454 e. The van der Waals surface area contributed by atoms with Crippen LogP contribution >= 0.6 is 0 Å². The fraction of sp³-hybridized carbons (Fsp3) is 0.462. The lowest BCUT2D eigenvalue weighted by atomic mass is 9.83. The quantitative estimate of drug-likeness (QED) is 0.635. The summed E-state index contributed by atoms with van der Waals surface area (Å²) in [6, 6.07) is 10.2. The van der Waals surface area contributed by atoms with Crippen LogP contribution in [-0.4, -0.2) is 54.1 Å². The van der Waals surface area contributed by atoms with Crippen molar-refractivity contribution in [1.82, 2.24) is 9.80 Å². The second-order valence-electron chi connectivity index (χ2n) is 9.36. The minimum Gasteiger partial charge on any atom is -0.454 e. The number of carbonyl (C=O) groups is 2. The molecular weight excluding hydrogens is 461 g/mol. The van der Waals surface area contributed by atoms with Gasteiger partial charge in [0.25, 0.3) is 5.91 Å². The summed E-state index contributed by atoms with van der Waals surface area (Å²) in [5.41, 5.74) is 0.506. The number of likely N-dealkylation sites (tertiary alicyclic amines) is 2. The Balaban J connectivity index is 1.18. The van der Waals surface area contributed by atoms with Crippen LogP contribution in [0.5, 0.6) is 11.5 Å². The van der Waals surface area contributed by atoms with Crippen LogP contribution in [0.25, 0.3) is 0 Å². The maximum absolute atomic E-state index is 13.1. The number of alkyl halides is 3. The van der Waals surface area contributed by atoms with Crippen LogP contribution in [-0.2, 0) is 17.4 Å². The minimum atomic E-state index is -4.43. The van der Waals surface area contributed by atoms with Crippen molar-refractivity contribution in [2.75, 3.05) is 26.4 Å². The molecule has 0 aromatic heterocycles. The molecule has 5 rings (SSSR count). The van der Waals surface area contributed by atoms with Gasteiger partial charge in [-0.25, -0.2) is 0 Å². The van der Waals surface area contributed by atoms with Crippen molar-refractivity contribution in [2.24, 2.45) is 5.92 Å². The van der Waals surface area contributed by atoms with Gasteiger partial charge in [-0.1, -0.05) is 6.07 Å². The molecule has 2 amide bonds. The summed E-state index contributed by atoms with van der Waals surface area (Å²) in [7, 11) is 0. The molecule has 0 radical (unpaired) electrons. The second-order valence-corrected chi connectivity index (χ2v) is 9.36. The highest BCUT2D eigenvalue weighted by Gasteiger charge is 2.39. The molecule has 0 N–H and O–H groups in total. The lowest BCUT2D eigenvalue weighted by Crippen LogP contribution is -2.56. The third-order valence-electron chi connectivity index (χ3n) is 7.20. The summed E-state index contributed by atoms with van der Waals surface area (Å²) in [6.07, 6.45) is -0.945. The fourth-order valence-corrected chi connectivity index (χ4v) is 5.37. The Hall–Kier alpha value is -3.23. The van der Waals surface area contributed by atoms with E-state index in [1.807, 2.05) is 23.1 Å². The molecule has 2 fully saturated rings. The summed E-state index contributed by atoms with van der Waals surface area (Å²) in [4.78, 5) is 29.7. The predicted molar refractivity (Wildman–Crippen MR) is 121 cm³/mol. The van der Waals surface area contributed by atoms with Gasteiger partial charge in [-0.3, -0.25) is 9.59 Å². The van der Waals surface area contributed by atoms with Crippen molar-refractivity contribution in [3.8, 4) is 11.5 Å². The molecular formula is C26H27F3N2O4. The van der Waals surface area contributed by atoms with Crippen LogP contribution in [0.1, 0.15) is 47.2 Å². The number of amides is 2. The molecule has 0 bridgehead atoms. The van der Waals surface area contributed by atoms with E-state index < -0.39 is 11.7 Å². The number of hydrogen-bond donors (Lipinski definition) is 0. The minimum absolute atomic E-state index is 0.0876. The van der Waals surface area contributed by atoms with Gasteiger partial charge in [-0.15, -0.1) is 0 Å². The lowest BCUT2D eigenvalue weighted by Gasteiger charge is -2.47. The Morgan fingerprint density at radius 1 is 0.971 bits per heavy atom. The number of fused-ring (bicyclic) bond motifs is 2. The molecule has 3 aliphatic rings. The second kappa shape index (κ2) is 9.43. The van der Waals surface area contributed by atoms with Crippen LogP contribution in [0, 0.1) is 5.92 Å². The molecule has 6 nitrogen and oxygen atoms in total. The monoisotopic (exact) mass is 488 g/mol. The van der Waals surface area contributed by atoms with E-state index in [1.54, 1.807) is 4.90 Å². The predicted octanol–water partition coefficient (Wildman–Crippen LogP) is 4.52. The SMILES string of the molecule is O=C(c1ccc(C(F)(F)F)cc1)N1CC[C@H]2[C@H](CCCN2C(=O)CCc2ccc3c(c2)OCO3)C1. The smallest absolute Gasteiger partial charge is 0.416 e. The molecule has 0 spiro atoms. The highest BCUT2D eigenvalue weighted by molar-refractivity contribution is 5.94. The molecule has 2 aromatic carbocycles. The van der Waals surface area contributed by atoms with E-state index >= 15 is 0 Å². The van der Waals surface area contributed by atoms with Crippen LogP contribution in [0.2, 0.25) is 0 Å². The number of carbonyl (C=O) groups excluding carboxylic acids is 2. The van der Waals surface area contributed by atoms with Crippen LogP contribution in [0.3, 0.4) is 0 Å². The van der Waals surface area contributed by atoms with Gasteiger partial charge in [0, 0.05) is 37.7 Å². The highest BCUT2D eigenvalue weighted by Crippen LogP contribution is 2.34. The summed E-state index contributed by atoms with van der Waals surface area (Å²) in [5, 5.41) is 0. The molecule has 35 heavy (non-hydrogen) atoms.